The molecule has 2 aliphatic heterocycles. The van der Waals surface area contributed by atoms with Gasteiger partial charge in [0, 0.05) is 36.2 Å². The van der Waals surface area contributed by atoms with Gasteiger partial charge in [-0.3, -0.25) is 9.59 Å². The maximum Gasteiger partial charge on any atom is 0.276 e. The summed E-state index contributed by atoms with van der Waals surface area (Å²) in [6.45, 7) is 2.66. The molecular weight excluding hydrogens is 530 g/mol. The predicted molar refractivity (Wildman–Crippen MR) is 152 cm³/mol. The number of halogens is 1. The van der Waals surface area contributed by atoms with Crippen LogP contribution in [0.15, 0.2) is 59.3 Å². The monoisotopic (exact) mass is 557 g/mol. The van der Waals surface area contributed by atoms with E-state index in [1.807, 2.05) is 30.3 Å². The minimum Gasteiger partial charge on any atom is -0.361 e. The summed E-state index contributed by atoms with van der Waals surface area (Å²) in [6.07, 6.45) is 4.47. The zero-order chi connectivity index (χ0) is 27.6. The van der Waals surface area contributed by atoms with E-state index >= 15 is 0 Å². The van der Waals surface area contributed by atoms with E-state index in [0.29, 0.717) is 48.5 Å². The third-order valence-corrected chi connectivity index (χ3v) is 7.44. The van der Waals surface area contributed by atoms with Crippen LogP contribution in [-0.4, -0.2) is 44.9 Å². The van der Waals surface area contributed by atoms with E-state index in [0.717, 1.165) is 41.0 Å². The summed E-state index contributed by atoms with van der Waals surface area (Å²) in [5, 5.41) is 13.9. The van der Waals surface area contributed by atoms with Gasteiger partial charge in [-0.1, -0.05) is 28.9 Å². The number of carbonyl (C=O) groups is 2. The Labute approximate surface area is 236 Å². The molecule has 0 saturated carbocycles. The van der Waals surface area contributed by atoms with Crippen LogP contribution in [0.4, 0.5) is 28.8 Å². The molecule has 6 bridgehead atoms. The minimum absolute atomic E-state index is 0.108. The fraction of sp³-hybridized carbons (Fsp3) is 0.276. The van der Waals surface area contributed by atoms with Gasteiger partial charge in [-0.2, -0.15) is 4.98 Å². The number of fused-ring (bicyclic) bond motifs is 6. The second kappa shape index (κ2) is 11.0. The number of amides is 2. The topological polar surface area (TPSA) is 125 Å². The Balaban J connectivity index is 1.24. The van der Waals surface area contributed by atoms with Gasteiger partial charge in [-0.05, 0) is 74.1 Å². The number of anilines is 5. The first-order chi connectivity index (χ1) is 19.4. The number of likely N-dealkylation sites (tertiary alicyclic amines) is 1. The Morgan fingerprint density at radius 3 is 2.83 bits per heavy atom. The lowest BCUT2D eigenvalue weighted by Crippen LogP contribution is -2.44. The van der Waals surface area contributed by atoms with Gasteiger partial charge in [0.05, 0.1) is 12.1 Å². The molecule has 11 heteroatoms. The van der Waals surface area contributed by atoms with Crippen molar-refractivity contribution < 1.29 is 14.1 Å². The molecule has 6 rings (SSSR count). The summed E-state index contributed by atoms with van der Waals surface area (Å²) in [5.74, 6) is 0.839. The lowest BCUT2D eigenvalue weighted by Gasteiger charge is -2.31. The number of hydrogen-bond donors (Lipinski definition) is 3. The van der Waals surface area contributed by atoms with Crippen molar-refractivity contribution in [2.75, 3.05) is 29.0 Å². The summed E-state index contributed by atoms with van der Waals surface area (Å²) in [5.41, 5.74) is 4.79. The molecule has 0 spiro atoms. The zero-order valence-corrected chi connectivity index (χ0v) is 22.7. The number of nitrogens with one attached hydrogen (secondary N) is 3. The molecule has 1 saturated heterocycles. The highest BCUT2D eigenvalue weighted by atomic mass is 35.5. The van der Waals surface area contributed by atoms with Crippen LogP contribution in [-0.2, 0) is 17.6 Å². The normalized spacial score (nSPS) is 16.4. The van der Waals surface area contributed by atoms with Gasteiger partial charge in [0.1, 0.15) is 10.8 Å². The van der Waals surface area contributed by atoms with Crippen molar-refractivity contribution in [2.24, 2.45) is 5.92 Å². The van der Waals surface area contributed by atoms with E-state index in [1.165, 1.54) is 0 Å². The molecule has 3 N–H and O–H groups in total. The number of benzene rings is 2. The van der Waals surface area contributed by atoms with Crippen molar-refractivity contribution in [3.63, 3.8) is 0 Å². The van der Waals surface area contributed by atoms with E-state index in [9.17, 15) is 9.59 Å². The number of piperidine rings is 1. The van der Waals surface area contributed by atoms with Gasteiger partial charge in [0.2, 0.25) is 11.9 Å². The average molecular weight is 558 g/mol. The standard InChI is InChI=1S/C29H28ClN7O3/c1-17-12-25(36-40-17)28(39)37-11-3-5-20(16-37)27(38)34-24-10-9-22-14-19(24)8-7-18-4-2-6-21(13-18)33-29-31-15-23(30)26(32-22)35-29/h2,4,6,9-10,12-15,20H,3,5,7-8,11,16H2,1H3,(H,34,38)(H2,31,32,33,35). The molecule has 4 aromatic rings. The van der Waals surface area contributed by atoms with Crippen molar-refractivity contribution in [1.82, 2.24) is 20.0 Å². The Morgan fingerprint density at radius 1 is 1.10 bits per heavy atom. The lowest BCUT2D eigenvalue weighted by atomic mass is 9.96. The fourth-order valence-corrected chi connectivity index (χ4v) is 5.24. The highest BCUT2D eigenvalue weighted by molar-refractivity contribution is 6.32. The second-order valence-electron chi connectivity index (χ2n) is 10.1. The van der Waals surface area contributed by atoms with E-state index in [2.05, 4.69) is 43.2 Å². The van der Waals surface area contributed by atoms with Crippen molar-refractivity contribution >= 4 is 52.2 Å². The van der Waals surface area contributed by atoms with Gasteiger partial charge in [-0.25, -0.2) is 4.98 Å². The molecule has 1 unspecified atom stereocenters. The summed E-state index contributed by atoms with van der Waals surface area (Å²) in [4.78, 5) is 36.8. The average Bonchev–Trinajstić information content (AvgIpc) is 3.40. The molecule has 2 aromatic carbocycles. The largest absolute Gasteiger partial charge is 0.361 e. The highest BCUT2D eigenvalue weighted by Gasteiger charge is 2.30. The Bertz CT molecular complexity index is 1590. The third kappa shape index (κ3) is 5.62. The van der Waals surface area contributed by atoms with Crippen LogP contribution < -0.4 is 16.0 Å². The molecule has 1 fully saturated rings. The van der Waals surface area contributed by atoms with Gasteiger partial charge < -0.3 is 25.4 Å². The number of nitrogens with zero attached hydrogens (tertiary/aromatic N) is 4. The summed E-state index contributed by atoms with van der Waals surface area (Å²) in [7, 11) is 0. The molecular formula is C29H28ClN7O3. The van der Waals surface area contributed by atoms with Gasteiger partial charge in [0.15, 0.2) is 11.5 Å². The molecule has 4 heterocycles. The van der Waals surface area contributed by atoms with Crippen LogP contribution in [0, 0.1) is 12.8 Å². The number of aromatic nitrogens is 3. The van der Waals surface area contributed by atoms with Gasteiger partial charge in [-0.15, -0.1) is 0 Å². The van der Waals surface area contributed by atoms with E-state index in [-0.39, 0.29) is 23.4 Å². The quantitative estimate of drug-likeness (QED) is 0.301. The maximum atomic E-state index is 13.4. The highest BCUT2D eigenvalue weighted by Crippen LogP contribution is 2.30. The van der Waals surface area contributed by atoms with Gasteiger partial charge in [0.25, 0.3) is 5.91 Å². The van der Waals surface area contributed by atoms with Crippen LogP contribution in [0.25, 0.3) is 0 Å². The SMILES string of the molecule is Cc1cc(C(=O)N2CCCC(C(=O)Nc3ccc4cc3CCc3cccc(c3)Nc3ncc(Cl)c(n3)N4)C2)no1. The van der Waals surface area contributed by atoms with Crippen molar-refractivity contribution in [1.29, 1.82) is 0 Å². The predicted octanol–water partition coefficient (Wildman–Crippen LogP) is 5.50. The molecule has 2 amide bonds. The Hall–Kier alpha value is -4.44. The van der Waals surface area contributed by atoms with Crippen LogP contribution in [0.3, 0.4) is 0 Å². The first-order valence-corrected chi connectivity index (χ1v) is 13.6. The molecule has 2 aliphatic rings. The molecule has 204 valence electrons. The van der Waals surface area contributed by atoms with Crippen LogP contribution in [0.5, 0.6) is 0 Å². The number of rotatable bonds is 3. The maximum absolute atomic E-state index is 13.4. The molecule has 10 nitrogen and oxygen atoms in total. The molecule has 0 aliphatic carbocycles. The Morgan fingerprint density at radius 2 is 1.98 bits per heavy atom. The third-order valence-electron chi connectivity index (χ3n) is 7.16. The van der Waals surface area contributed by atoms with E-state index in [4.69, 9.17) is 16.1 Å². The van der Waals surface area contributed by atoms with Crippen molar-refractivity contribution in [3.05, 3.63) is 82.3 Å². The molecule has 0 radical (unpaired) electrons. The Kier molecular flexibility index (Phi) is 7.08. The number of aryl methyl sites for hydroxylation is 3. The molecule has 1 atom stereocenters. The molecule has 40 heavy (non-hydrogen) atoms. The summed E-state index contributed by atoms with van der Waals surface area (Å²) in [6, 6.07) is 15.5. The number of carbonyl (C=O) groups excluding carboxylic acids is 2. The molecule has 2 aromatic heterocycles. The zero-order valence-electron chi connectivity index (χ0n) is 21.9. The van der Waals surface area contributed by atoms with E-state index in [1.54, 1.807) is 24.1 Å². The van der Waals surface area contributed by atoms with Crippen molar-refractivity contribution in [3.8, 4) is 0 Å². The van der Waals surface area contributed by atoms with Crippen LogP contribution in [0.2, 0.25) is 5.02 Å². The first kappa shape index (κ1) is 25.8. The fourth-order valence-electron chi connectivity index (χ4n) is 5.10. The van der Waals surface area contributed by atoms with Gasteiger partial charge >= 0.3 is 0 Å². The van der Waals surface area contributed by atoms with Crippen molar-refractivity contribution in [2.45, 2.75) is 32.6 Å². The smallest absolute Gasteiger partial charge is 0.276 e. The van der Waals surface area contributed by atoms with Crippen LogP contribution in [0.1, 0.15) is 40.2 Å². The van der Waals surface area contributed by atoms with Crippen LogP contribution >= 0.6 is 11.6 Å². The number of hydrogen-bond acceptors (Lipinski definition) is 8. The summed E-state index contributed by atoms with van der Waals surface area (Å²) >= 11 is 6.38. The first-order valence-electron chi connectivity index (χ1n) is 13.2. The minimum atomic E-state index is -0.327. The lowest BCUT2D eigenvalue weighted by molar-refractivity contribution is -0.121. The second-order valence-corrected chi connectivity index (χ2v) is 10.5. The summed E-state index contributed by atoms with van der Waals surface area (Å²) < 4.78 is 5.06. The van der Waals surface area contributed by atoms with E-state index < -0.39 is 0 Å².